The molecule has 0 aliphatic carbocycles. The Kier molecular flexibility index (Phi) is 4.31. The second-order valence-corrected chi connectivity index (χ2v) is 4.44. The van der Waals surface area contributed by atoms with Crippen LogP contribution in [-0.4, -0.2) is 31.3 Å². The van der Waals surface area contributed by atoms with Crippen molar-refractivity contribution >= 4 is 25.1 Å². The molecule has 0 saturated carbocycles. The number of carboxylic acid groups (broad SMARTS) is 1. The molecule has 0 aliphatic heterocycles. The normalized spacial score (nSPS) is 10.8. The minimum absolute atomic E-state index is 0.0290. The Morgan fingerprint density at radius 1 is 1.24 bits per heavy atom. The van der Waals surface area contributed by atoms with Crippen LogP contribution in [-0.2, 0) is 11.2 Å². The third kappa shape index (κ3) is 4.21. The van der Waals surface area contributed by atoms with Crippen LogP contribution in [0.3, 0.4) is 0 Å². The average molecular weight is 281 g/mol. The summed E-state index contributed by atoms with van der Waals surface area (Å²) < 4.78 is 12.8. The van der Waals surface area contributed by atoms with Crippen LogP contribution in [0, 0.1) is 0 Å². The molecule has 0 aliphatic rings. The second-order valence-electron chi connectivity index (χ2n) is 4.44. The Bertz CT molecular complexity index is 678. The fourth-order valence-electron chi connectivity index (χ4n) is 1.80. The largest absolute Gasteiger partial charge is 0.483 e. The number of hydrogen-bond donors (Lipinski definition) is 1. The number of rotatable bonds is 6. The van der Waals surface area contributed by atoms with Gasteiger partial charge in [-0.25, -0.2) is 4.79 Å². The van der Waals surface area contributed by atoms with E-state index in [9.17, 15) is 9.59 Å². The van der Waals surface area contributed by atoms with Gasteiger partial charge in [-0.15, -0.1) is 0 Å². The highest BCUT2D eigenvalue weighted by Gasteiger charge is 2.10. The van der Waals surface area contributed by atoms with Crippen molar-refractivity contribution in [1.29, 1.82) is 0 Å². The van der Waals surface area contributed by atoms with Crippen LogP contribution >= 0.6 is 0 Å². The van der Waals surface area contributed by atoms with E-state index in [1.165, 1.54) is 12.1 Å². The lowest BCUT2D eigenvalue weighted by molar-refractivity contribution is -0.139. The van der Waals surface area contributed by atoms with Crippen molar-refractivity contribution in [3.8, 4) is 5.75 Å². The molecule has 2 radical (unpaired) electrons. The monoisotopic (exact) mass is 281 g/mol. The van der Waals surface area contributed by atoms with Crippen LogP contribution in [0.2, 0.25) is 0 Å². The molecular weight excluding hydrogens is 267 g/mol. The highest BCUT2D eigenvalue weighted by atomic mass is 16.5. The molecule has 104 valence electrons. The van der Waals surface area contributed by atoms with Crippen LogP contribution in [0.4, 0.5) is 0 Å². The summed E-state index contributed by atoms with van der Waals surface area (Å²) in [5.74, 6) is -1.36. The van der Waals surface area contributed by atoms with E-state index in [4.69, 9.17) is 19.1 Å². The summed E-state index contributed by atoms with van der Waals surface area (Å²) in [6.07, 6.45) is 0.203. The molecule has 4 nitrogen and oxygen atoms in total. The van der Waals surface area contributed by atoms with Crippen LogP contribution in [0.25, 0.3) is 0 Å². The number of hydrogen-bond acceptors (Lipinski definition) is 3. The first-order chi connectivity index (χ1) is 10.5. The van der Waals surface area contributed by atoms with Crippen molar-refractivity contribution in [3.05, 3.63) is 59.6 Å². The minimum atomic E-state index is -1.16. The molecule has 0 heterocycles. The molecule has 2 rings (SSSR count). The third-order valence-electron chi connectivity index (χ3n) is 2.80. The van der Waals surface area contributed by atoms with Crippen molar-refractivity contribution in [2.45, 2.75) is 6.42 Å². The van der Waals surface area contributed by atoms with E-state index in [1.54, 1.807) is 0 Å². The van der Waals surface area contributed by atoms with E-state index < -0.39 is 12.6 Å². The lowest BCUT2D eigenvalue weighted by Gasteiger charge is -2.09. The van der Waals surface area contributed by atoms with Crippen LogP contribution in [0.1, 0.15) is 17.3 Å². The number of benzene rings is 2. The van der Waals surface area contributed by atoms with Gasteiger partial charge in [-0.05, 0) is 17.7 Å². The number of ether oxygens (including phenoxy) is 1. The molecule has 0 fully saturated rings. The van der Waals surface area contributed by atoms with Crippen molar-refractivity contribution in [2.75, 3.05) is 6.61 Å². The average Bonchev–Trinajstić information content (AvgIpc) is 2.47. The van der Waals surface area contributed by atoms with E-state index in [-0.39, 0.29) is 29.5 Å². The van der Waals surface area contributed by atoms with Crippen molar-refractivity contribution in [1.82, 2.24) is 0 Å². The first kappa shape index (κ1) is 13.4. The van der Waals surface area contributed by atoms with Crippen LogP contribution in [0.5, 0.6) is 5.75 Å². The van der Waals surface area contributed by atoms with Gasteiger partial charge in [0.05, 0.1) is 1.37 Å². The van der Waals surface area contributed by atoms with E-state index in [1.807, 2.05) is 30.3 Å². The Morgan fingerprint density at radius 3 is 2.57 bits per heavy atom. The molecular formula is C16H13BO4. The number of aliphatic carboxylic acids is 1. The summed E-state index contributed by atoms with van der Waals surface area (Å²) in [5, 5.41) is 8.58. The third-order valence-corrected chi connectivity index (χ3v) is 2.80. The lowest BCUT2D eigenvalue weighted by Crippen LogP contribution is -2.17. The maximum atomic E-state index is 12.2. The van der Waals surface area contributed by atoms with Gasteiger partial charge in [0.15, 0.2) is 12.4 Å². The second kappa shape index (κ2) is 6.75. The topological polar surface area (TPSA) is 63.6 Å². The van der Waals surface area contributed by atoms with Gasteiger partial charge in [-0.2, -0.15) is 0 Å². The van der Waals surface area contributed by atoms with Gasteiger partial charge < -0.3 is 9.84 Å². The predicted molar refractivity (Wildman–Crippen MR) is 79.4 cm³/mol. The molecule has 2 aromatic rings. The molecule has 0 aromatic heterocycles. The molecule has 2 aromatic carbocycles. The molecule has 0 unspecified atom stereocenters. The number of carboxylic acids is 1. The summed E-state index contributed by atoms with van der Waals surface area (Å²) in [7, 11) is 5.75. The molecule has 0 saturated heterocycles. The Hall–Kier alpha value is -2.56. The van der Waals surface area contributed by atoms with Gasteiger partial charge in [0.2, 0.25) is 0 Å². The molecule has 0 bridgehead atoms. The Morgan fingerprint density at radius 2 is 1.95 bits per heavy atom. The molecule has 21 heavy (non-hydrogen) atoms. The lowest BCUT2D eigenvalue weighted by atomic mass is 9.91. The number of ketones is 1. The first-order valence-corrected chi connectivity index (χ1v) is 6.29. The van der Waals surface area contributed by atoms with E-state index in [0.717, 1.165) is 5.56 Å². The summed E-state index contributed by atoms with van der Waals surface area (Å²) in [4.78, 5) is 22.7. The van der Waals surface area contributed by atoms with Gasteiger partial charge in [-0.3, -0.25) is 4.79 Å². The molecule has 0 spiro atoms. The standard InChI is InChI=1S/C16H13BO4/c17-13-9-12(6-7-15(13)21-10-16(19)20)14(18)8-11-4-2-1-3-5-11/h1-7,9H,8,10H2,(H,19,20)/i7D. The zero-order chi connectivity index (χ0) is 16.1. The predicted octanol–water partition coefficient (Wildman–Crippen LogP) is 1.37. The van der Waals surface area contributed by atoms with Gasteiger partial charge in [0.25, 0.3) is 0 Å². The van der Waals surface area contributed by atoms with Crippen molar-refractivity contribution in [3.63, 3.8) is 0 Å². The summed E-state index contributed by atoms with van der Waals surface area (Å²) in [6, 6.07) is 11.9. The van der Waals surface area contributed by atoms with Crippen LogP contribution in [0.15, 0.2) is 48.5 Å². The van der Waals surface area contributed by atoms with Gasteiger partial charge in [0.1, 0.15) is 13.6 Å². The zero-order valence-electron chi connectivity index (χ0n) is 12.2. The Balaban J connectivity index is 2.18. The minimum Gasteiger partial charge on any atom is -0.483 e. The maximum absolute atomic E-state index is 12.2. The summed E-state index contributed by atoms with van der Waals surface area (Å²) >= 11 is 0. The van der Waals surface area contributed by atoms with Gasteiger partial charge in [0, 0.05) is 12.0 Å². The summed E-state index contributed by atoms with van der Waals surface area (Å²) in [5.41, 5.74) is 1.24. The molecule has 1 N–H and O–H groups in total. The van der Waals surface area contributed by atoms with Crippen molar-refractivity contribution < 1.29 is 20.8 Å². The fourth-order valence-corrected chi connectivity index (χ4v) is 1.80. The quantitative estimate of drug-likeness (QED) is 0.641. The highest BCUT2D eigenvalue weighted by molar-refractivity contribution is 6.34. The maximum Gasteiger partial charge on any atom is 0.341 e. The van der Waals surface area contributed by atoms with Crippen molar-refractivity contribution in [2.24, 2.45) is 0 Å². The first-order valence-electron chi connectivity index (χ1n) is 6.79. The van der Waals surface area contributed by atoms with Crippen LogP contribution < -0.4 is 10.2 Å². The highest BCUT2D eigenvalue weighted by Crippen LogP contribution is 2.12. The number of Topliss-reactive ketones (excluding diaryl/α,β-unsaturated/α-hetero) is 1. The molecule has 0 amide bonds. The number of carbonyl (C=O) groups is 2. The SMILES string of the molecule is [2H]c1cc(C(=O)Cc2ccccc2)cc([B])c1OCC(=O)O. The van der Waals surface area contributed by atoms with Gasteiger partial charge >= 0.3 is 5.97 Å². The van der Waals surface area contributed by atoms with E-state index in [0.29, 0.717) is 5.56 Å². The van der Waals surface area contributed by atoms with E-state index in [2.05, 4.69) is 0 Å². The fraction of sp³-hybridized carbons (Fsp3) is 0.125. The smallest absolute Gasteiger partial charge is 0.341 e. The summed E-state index contributed by atoms with van der Waals surface area (Å²) in [6.45, 7) is -0.590. The van der Waals surface area contributed by atoms with E-state index >= 15 is 0 Å². The van der Waals surface area contributed by atoms with Gasteiger partial charge in [-0.1, -0.05) is 41.9 Å². The molecule has 5 heteroatoms. The zero-order valence-corrected chi connectivity index (χ0v) is 11.2. The molecule has 0 atom stereocenters. The Labute approximate surface area is 125 Å². The number of carbonyl (C=O) groups excluding carboxylic acids is 1.